The molecule has 154 valence electrons. The van der Waals surface area contributed by atoms with Crippen molar-refractivity contribution in [2.45, 2.75) is 30.7 Å². The first-order chi connectivity index (χ1) is 13.2. The Hall–Kier alpha value is -1.86. The number of aliphatic carboxylic acids is 2. The number of amides is 2. The van der Waals surface area contributed by atoms with E-state index in [1.54, 1.807) is 0 Å². The van der Waals surface area contributed by atoms with Crippen molar-refractivity contribution in [3.63, 3.8) is 0 Å². The van der Waals surface area contributed by atoms with Gasteiger partial charge < -0.3 is 26.6 Å². The number of carboxylic acid groups (broad SMARTS) is 2. The molecule has 0 aromatic heterocycles. The van der Waals surface area contributed by atoms with E-state index in [2.05, 4.69) is 33.2 Å². The molecule has 0 heterocycles. The molecule has 0 spiro atoms. The maximum absolute atomic E-state index is 12.2. The molecule has 1 aromatic carbocycles. The van der Waals surface area contributed by atoms with Crippen LogP contribution < -0.4 is 16.4 Å². The molecular formula is C17H22IN3O6S. The van der Waals surface area contributed by atoms with E-state index in [4.69, 9.17) is 15.9 Å². The van der Waals surface area contributed by atoms with Gasteiger partial charge in [-0.05, 0) is 46.7 Å². The first-order valence-corrected chi connectivity index (χ1v) is 10.5. The van der Waals surface area contributed by atoms with E-state index < -0.39 is 42.4 Å². The summed E-state index contributed by atoms with van der Waals surface area (Å²) in [5.41, 5.74) is 6.42. The van der Waals surface area contributed by atoms with Crippen LogP contribution in [-0.4, -0.2) is 58.3 Å². The Balaban J connectivity index is 2.61. The number of carbonyl (C=O) groups is 4. The number of rotatable bonds is 12. The molecule has 0 saturated carbocycles. The Bertz CT molecular complexity index is 718. The SMILES string of the molecule is N[C@@H](CCC(=O)N[C@H](CSCc1cccc(I)c1)C(=O)NCC(=O)O)C(=O)O. The molecule has 0 saturated heterocycles. The van der Waals surface area contributed by atoms with Crippen molar-refractivity contribution in [3.05, 3.63) is 33.4 Å². The summed E-state index contributed by atoms with van der Waals surface area (Å²) >= 11 is 3.61. The third-order valence-electron chi connectivity index (χ3n) is 3.51. The third kappa shape index (κ3) is 9.90. The number of carbonyl (C=O) groups excluding carboxylic acids is 2. The van der Waals surface area contributed by atoms with Gasteiger partial charge in [0.25, 0.3) is 0 Å². The molecular weight excluding hydrogens is 501 g/mol. The topological polar surface area (TPSA) is 159 Å². The van der Waals surface area contributed by atoms with E-state index in [0.29, 0.717) is 5.75 Å². The van der Waals surface area contributed by atoms with Gasteiger partial charge in [0.05, 0.1) is 0 Å². The average molecular weight is 523 g/mol. The second-order valence-corrected chi connectivity index (χ2v) is 8.14. The number of hydrogen-bond donors (Lipinski definition) is 5. The van der Waals surface area contributed by atoms with Gasteiger partial charge in [-0.15, -0.1) is 0 Å². The van der Waals surface area contributed by atoms with Crippen molar-refractivity contribution in [2.75, 3.05) is 12.3 Å². The first-order valence-electron chi connectivity index (χ1n) is 8.28. The minimum absolute atomic E-state index is 0.0692. The Labute approximate surface area is 180 Å². The molecule has 0 aliphatic rings. The van der Waals surface area contributed by atoms with E-state index in [1.807, 2.05) is 24.3 Å². The summed E-state index contributed by atoms with van der Waals surface area (Å²) in [5.74, 6) is -2.71. The van der Waals surface area contributed by atoms with Crippen LogP contribution in [0.3, 0.4) is 0 Å². The molecule has 9 nitrogen and oxygen atoms in total. The minimum Gasteiger partial charge on any atom is -0.480 e. The Morgan fingerprint density at radius 3 is 2.54 bits per heavy atom. The van der Waals surface area contributed by atoms with Crippen molar-refractivity contribution >= 4 is 58.1 Å². The number of nitrogens with two attached hydrogens (primary N) is 1. The maximum Gasteiger partial charge on any atom is 0.322 e. The van der Waals surface area contributed by atoms with Crippen molar-refractivity contribution < 1.29 is 29.4 Å². The zero-order chi connectivity index (χ0) is 21.1. The van der Waals surface area contributed by atoms with E-state index in [0.717, 1.165) is 9.13 Å². The number of halogens is 1. The van der Waals surface area contributed by atoms with Gasteiger partial charge >= 0.3 is 11.9 Å². The number of thioether (sulfide) groups is 1. The monoisotopic (exact) mass is 523 g/mol. The molecule has 0 aliphatic heterocycles. The van der Waals surface area contributed by atoms with E-state index in [9.17, 15) is 19.2 Å². The predicted octanol–water partition coefficient (Wildman–Crippen LogP) is 0.402. The van der Waals surface area contributed by atoms with E-state index >= 15 is 0 Å². The van der Waals surface area contributed by atoms with Crippen LogP contribution in [0.4, 0.5) is 0 Å². The lowest BCUT2D eigenvalue weighted by Crippen LogP contribution is -2.49. The normalized spacial score (nSPS) is 12.6. The van der Waals surface area contributed by atoms with Crippen LogP contribution in [0.25, 0.3) is 0 Å². The smallest absolute Gasteiger partial charge is 0.322 e. The highest BCUT2D eigenvalue weighted by Gasteiger charge is 2.22. The standard InChI is InChI=1S/C17H22IN3O6S/c18-11-3-1-2-10(6-11)8-28-9-13(16(25)20-7-15(23)24)21-14(22)5-4-12(19)17(26)27/h1-3,6,12-13H,4-5,7-9,19H2,(H,20,25)(H,21,22)(H,23,24)(H,26,27)/t12-,13+/m0/s1. The van der Waals surface area contributed by atoms with Gasteiger partial charge in [0.15, 0.2) is 0 Å². The van der Waals surface area contributed by atoms with E-state index in [1.165, 1.54) is 11.8 Å². The highest BCUT2D eigenvalue weighted by atomic mass is 127. The number of nitrogens with one attached hydrogen (secondary N) is 2. The molecule has 28 heavy (non-hydrogen) atoms. The highest BCUT2D eigenvalue weighted by molar-refractivity contribution is 14.1. The Morgan fingerprint density at radius 1 is 1.21 bits per heavy atom. The molecule has 0 unspecified atom stereocenters. The van der Waals surface area contributed by atoms with Crippen LogP contribution in [0.2, 0.25) is 0 Å². The third-order valence-corrected chi connectivity index (χ3v) is 5.28. The van der Waals surface area contributed by atoms with Gasteiger partial charge in [0, 0.05) is 21.5 Å². The van der Waals surface area contributed by atoms with Gasteiger partial charge in [-0.1, -0.05) is 12.1 Å². The van der Waals surface area contributed by atoms with Gasteiger partial charge in [0.2, 0.25) is 11.8 Å². The Kier molecular flexibility index (Phi) is 10.9. The van der Waals surface area contributed by atoms with Crippen LogP contribution in [0.1, 0.15) is 18.4 Å². The minimum atomic E-state index is -1.21. The second kappa shape index (κ2) is 12.6. The zero-order valence-electron chi connectivity index (χ0n) is 14.9. The lowest BCUT2D eigenvalue weighted by molar-refractivity contribution is -0.139. The van der Waals surface area contributed by atoms with Crippen molar-refractivity contribution in [1.29, 1.82) is 0 Å². The number of benzene rings is 1. The summed E-state index contributed by atoms with van der Waals surface area (Å²) in [6, 6.07) is 5.71. The molecule has 1 aromatic rings. The van der Waals surface area contributed by atoms with Gasteiger partial charge in [-0.2, -0.15) is 11.8 Å². The summed E-state index contributed by atoms with van der Waals surface area (Å²) in [4.78, 5) is 45.6. The summed E-state index contributed by atoms with van der Waals surface area (Å²) < 4.78 is 1.08. The lowest BCUT2D eigenvalue weighted by atomic mass is 10.1. The molecule has 2 amide bonds. The molecule has 0 aliphatic carbocycles. The second-order valence-electron chi connectivity index (χ2n) is 5.86. The Morgan fingerprint density at radius 2 is 1.93 bits per heavy atom. The van der Waals surface area contributed by atoms with Crippen LogP contribution in [0.15, 0.2) is 24.3 Å². The van der Waals surface area contributed by atoms with Gasteiger partial charge in [-0.3, -0.25) is 19.2 Å². The summed E-state index contributed by atoms with van der Waals surface area (Å²) in [6.45, 7) is -0.559. The number of hydrogen-bond acceptors (Lipinski definition) is 6. The van der Waals surface area contributed by atoms with Gasteiger partial charge in [0.1, 0.15) is 18.6 Å². The summed E-state index contributed by atoms with van der Waals surface area (Å²) in [5, 5.41) is 22.2. The average Bonchev–Trinajstić information content (AvgIpc) is 2.63. The first kappa shape index (κ1) is 24.2. The van der Waals surface area contributed by atoms with Crippen molar-refractivity contribution in [1.82, 2.24) is 10.6 Å². The van der Waals surface area contributed by atoms with Crippen LogP contribution in [-0.2, 0) is 24.9 Å². The van der Waals surface area contributed by atoms with Crippen molar-refractivity contribution in [3.8, 4) is 0 Å². The molecule has 6 N–H and O–H groups in total. The summed E-state index contributed by atoms with van der Waals surface area (Å²) in [7, 11) is 0. The molecule has 1 rings (SSSR count). The molecule has 0 radical (unpaired) electrons. The number of carboxylic acids is 2. The highest BCUT2D eigenvalue weighted by Crippen LogP contribution is 2.16. The molecule has 11 heteroatoms. The van der Waals surface area contributed by atoms with Crippen LogP contribution >= 0.6 is 34.4 Å². The quantitative estimate of drug-likeness (QED) is 0.246. The van der Waals surface area contributed by atoms with Crippen LogP contribution in [0, 0.1) is 3.57 Å². The fourth-order valence-corrected chi connectivity index (χ4v) is 3.68. The fourth-order valence-electron chi connectivity index (χ4n) is 2.07. The predicted molar refractivity (Wildman–Crippen MR) is 113 cm³/mol. The molecule has 2 atom stereocenters. The van der Waals surface area contributed by atoms with Crippen LogP contribution in [0.5, 0.6) is 0 Å². The largest absolute Gasteiger partial charge is 0.480 e. The molecule has 0 bridgehead atoms. The molecule has 0 fully saturated rings. The maximum atomic E-state index is 12.2. The lowest BCUT2D eigenvalue weighted by Gasteiger charge is -2.18. The summed E-state index contributed by atoms with van der Waals surface area (Å²) in [6.07, 6.45) is -0.224. The van der Waals surface area contributed by atoms with Gasteiger partial charge in [-0.25, -0.2) is 0 Å². The van der Waals surface area contributed by atoms with E-state index in [-0.39, 0.29) is 18.6 Å². The zero-order valence-corrected chi connectivity index (χ0v) is 17.9. The van der Waals surface area contributed by atoms with Crippen molar-refractivity contribution in [2.24, 2.45) is 5.73 Å². The fraction of sp³-hybridized carbons (Fsp3) is 0.412.